The summed E-state index contributed by atoms with van der Waals surface area (Å²) in [6.45, 7) is 5.94. The van der Waals surface area contributed by atoms with E-state index in [-0.39, 0.29) is 11.9 Å². The van der Waals surface area contributed by atoms with Gasteiger partial charge in [-0.3, -0.25) is 4.79 Å². The van der Waals surface area contributed by atoms with Crippen molar-refractivity contribution >= 4 is 23.6 Å². The second-order valence-electron chi connectivity index (χ2n) is 9.33. The van der Waals surface area contributed by atoms with Crippen LogP contribution in [-0.4, -0.2) is 47.7 Å². The highest BCUT2D eigenvalue weighted by Crippen LogP contribution is 2.28. The molecule has 3 N–H and O–H groups in total. The molecule has 0 spiro atoms. The van der Waals surface area contributed by atoms with Crippen LogP contribution in [0.5, 0.6) is 0 Å². The number of carboxylic acids is 1. The Kier molecular flexibility index (Phi) is 11.9. The smallest absolute Gasteiger partial charge is 0.326 e. The first-order valence-corrected chi connectivity index (χ1v) is 14.4. The quantitative estimate of drug-likeness (QED) is 0.232. The first-order valence-electron chi connectivity index (χ1n) is 13.0. The summed E-state index contributed by atoms with van der Waals surface area (Å²) in [7, 11) is 0. The number of aliphatic carboxylic acids is 1. The third-order valence-corrected chi connectivity index (χ3v) is 7.14. The number of carboxylic acid groups (broad SMARTS) is 1. The number of rotatable bonds is 15. The van der Waals surface area contributed by atoms with Crippen molar-refractivity contribution in [3.63, 3.8) is 0 Å². The van der Waals surface area contributed by atoms with Gasteiger partial charge in [0.2, 0.25) is 0 Å². The Labute approximate surface area is 230 Å². The minimum absolute atomic E-state index is 0.191. The molecule has 0 fully saturated rings. The van der Waals surface area contributed by atoms with E-state index in [4.69, 9.17) is 4.74 Å². The van der Waals surface area contributed by atoms with Crippen LogP contribution < -0.4 is 10.6 Å². The molecule has 3 rings (SSSR count). The third kappa shape index (κ3) is 8.72. The Bertz CT molecular complexity index is 1190. The lowest BCUT2D eigenvalue weighted by Gasteiger charge is -2.19. The van der Waals surface area contributed by atoms with Crippen LogP contribution >= 0.6 is 11.8 Å². The van der Waals surface area contributed by atoms with Gasteiger partial charge in [0.1, 0.15) is 6.04 Å². The molecule has 0 saturated carbocycles. The number of hydrogen-bond donors (Lipinski definition) is 3. The number of amides is 1. The van der Waals surface area contributed by atoms with Crippen LogP contribution in [0.2, 0.25) is 0 Å². The van der Waals surface area contributed by atoms with E-state index < -0.39 is 12.0 Å². The highest BCUT2D eigenvalue weighted by molar-refractivity contribution is 7.98. The first kappa shape index (κ1) is 29.4. The molecule has 2 atom stereocenters. The number of hydrogen-bond acceptors (Lipinski definition) is 5. The van der Waals surface area contributed by atoms with Crippen molar-refractivity contribution in [2.75, 3.05) is 18.6 Å². The Morgan fingerprint density at radius 1 is 0.974 bits per heavy atom. The lowest BCUT2D eigenvalue weighted by molar-refractivity contribution is -0.139. The third-order valence-electron chi connectivity index (χ3n) is 6.50. The maximum absolute atomic E-state index is 13.3. The van der Waals surface area contributed by atoms with Crippen molar-refractivity contribution in [2.45, 2.75) is 51.9 Å². The van der Waals surface area contributed by atoms with Crippen LogP contribution in [0.4, 0.5) is 0 Å². The van der Waals surface area contributed by atoms with Gasteiger partial charge in [-0.2, -0.15) is 11.8 Å². The summed E-state index contributed by atoms with van der Waals surface area (Å²) in [6.07, 6.45) is 3.21. The highest BCUT2D eigenvalue weighted by Gasteiger charge is 2.23. The zero-order chi connectivity index (χ0) is 27.3. The van der Waals surface area contributed by atoms with Gasteiger partial charge in [0.15, 0.2) is 0 Å². The summed E-state index contributed by atoms with van der Waals surface area (Å²) in [6, 6.07) is 23.1. The van der Waals surface area contributed by atoms with Crippen LogP contribution in [0.1, 0.15) is 46.8 Å². The molecule has 202 valence electrons. The Morgan fingerprint density at radius 3 is 2.39 bits per heavy atom. The number of benzene rings is 3. The predicted molar refractivity (Wildman–Crippen MR) is 156 cm³/mol. The molecule has 1 amide bonds. The number of nitrogens with one attached hydrogen (secondary N) is 2. The molecule has 0 radical (unpaired) electrons. The van der Waals surface area contributed by atoms with Gasteiger partial charge in [-0.05, 0) is 71.7 Å². The summed E-state index contributed by atoms with van der Waals surface area (Å²) in [5.41, 5.74) is 5.45. The molecule has 7 heteroatoms. The number of carbonyl (C=O) groups is 2. The van der Waals surface area contributed by atoms with Crippen molar-refractivity contribution in [1.82, 2.24) is 10.6 Å². The van der Waals surface area contributed by atoms with E-state index >= 15 is 0 Å². The first-order chi connectivity index (χ1) is 18.4. The van der Waals surface area contributed by atoms with Gasteiger partial charge in [-0.1, -0.05) is 67.6 Å². The molecule has 0 heterocycles. The average Bonchev–Trinajstić information content (AvgIpc) is 2.93. The molecule has 38 heavy (non-hydrogen) atoms. The summed E-state index contributed by atoms with van der Waals surface area (Å²) in [5.74, 6) is -0.747. The summed E-state index contributed by atoms with van der Waals surface area (Å²) in [5, 5.41) is 15.9. The van der Waals surface area contributed by atoms with E-state index in [0.29, 0.717) is 37.5 Å². The average molecular weight is 535 g/mol. The molecule has 6 nitrogen and oxygen atoms in total. The molecule has 0 aliphatic rings. The topological polar surface area (TPSA) is 87.7 Å². The van der Waals surface area contributed by atoms with Crippen LogP contribution in [0.15, 0.2) is 72.8 Å². The summed E-state index contributed by atoms with van der Waals surface area (Å²) in [4.78, 5) is 25.0. The van der Waals surface area contributed by atoms with E-state index in [1.807, 2.05) is 67.8 Å². The normalized spacial score (nSPS) is 12.6. The van der Waals surface area contributed by atoms with Crippen LogP contribution in [0, 0.1) is 6.92 Å². The fourth-order valence-corrected chi connectivity index (χ4v) is 4.67. The highest BCUT2D eigenvalue weighted by atomic mass is 32.2. The van der Waals surface area contributed by atoms with Gasteiger partial charge in [-0.25, -0.2) is 4.79 Å². The zero-order valence-corrected chi connectivity index (χ0v) is 23.2. The molecule has 0 aliphatic carbocycles. The van der Waals surface area contributed by atoms with E-state index in [2.05, 4.69) is 29.7 Å². The molecule has 0 aromatic heterocycles. The van der Waals surface area contributed by atoms with Crippen molar-refractivity contribution in [3.05, 3.63) is 95.1 Å². The lowest BCUT2D eigenvalue weighted by Crippen LogP contribution is -2.41. The number of ether oxygens (including phenoxy) is 1. The second kappa shape index (κ2) is 15.3. The van der Waals surface area contributed by atoms with Crippen LogP contribution in [0.3, 0.4) is 0 Å². The maximum Gasteiger partial charge on any atom is 0.326 e. The molecular formula is C31H38N2O4S. The van der Waals surface area contributed by atoms with Crippen LogP contribution in [-0.2, 0) is 22.7 Å². The van der Waals surface area contributed by atoms with E-state index in [1.165, 1.54) is 0 Å². The van der Waals surface area contributed by atoms with Gasteiger partial charge >= 0.3 is 5.97 Å². The lowest BCUT2D eigenvalue weighted by atomic mass is 9.93. The molecule has 0 saturated heterocycles. The molecular weight excluding hydrogens is 496 g/mol. The van der Waals surface area contributed by atoms with Crippen LogP contribution in [0.25, 0.3) is 11.1 Å². The number of carbonyl (C=O) groups excluding carboxylic acids is 1. The predicted octanol–water partition coefficient (Wildman–Crippen LogP) is 5.68. The maximum atomic E-state index is 13.3. The van der Waals surface area contributed by atoms with Crippen molar-refractivity contribution in [3.8, 4) is 11.1 Å². The van der Waals surface area contributed by atoms with Crippen molar-refractivity contribution in [2.24, 2.45) is 0 Å². The largest absolute Gasteiger partial charge is 0.480 e. The van der Waals surface area contributed by atoms with Crippen molar-refractivity contribution in [1.29, 1.82) is 0 Å². The van der Waals surface area contributed by atoms with Gasteiger partial charge in [0.25, 0.3) is 5.91 Å². The van der Waals surface area contributed by atoms with Gasteiger partial charge in [0.05, 0.1) is 13.2 Å². The Hall–Kier alpha value is -3.13. The van der Waals surface area contributed by atoms with E-state index in [0.717, 1.165) is 34.2 Å². The fourth-order valence-electron chi connectivity index (χ4n) is 4.20. The Morgan fingerprint density at radius 2 is 1.71 bits per heavy atom. The zero-order valence-electron chi connectivity index (χ0n) is 22.4. The second-order valence-corrected chi connectivity index (χ2v) is 10.3. The van der Waals surface area contributed by atoms with Gasteiger partial charge in [0, 0.05) is 18.2 Å². The summed E-state index contributed by atoms with van der Waals surface area (Å²) < 4.78 is 5.94. The molecule has 0 bridgehead atoms. The number of thioether (sulfide) groups is 1. The fraction of sp³-hybridized carbons (Fsp3) is 0.355. The Balaban J connectivity index is 1.75. The molecule has 3 aromatic rings. The molecule has 3 aromatic carbocycles. The minimum atomic E-state index is -1.02. The van der Waals surface area contributed by atoms with Crippen molar-refractivity contribution < 1.29 is 19.4 Å². The summed E-state index contributed by atoms with van der Waals surface area (Å²) >= 11 is 1.56. The monoisotopic (exact) mass is 534 g/mol. The van der Waals surface area contributed by atoms with Gasteiger partial charge in [-0.15, -0.1) is 0 Å². The SMILES string of the molecule is CC[C@H](COCc1ccccc1)NCc1ccc(C(=O)N[C@@H](CCSC)C(=O)O)c(-c2ccccc2C)c1. The molecule has 0 unspecified atom stereocenters. The minimum Gasteiger partial charge on any atom is -0.480 e. The number of aryl methyl sites for hydroxylation is 1. The molecule has 0 aliphatic heterocycles. The van der Waals surface area contributed by atoms with E-state index in [9.17, 15) is 14.7 Å². The standard InChI is InChI=1S/C31H38N2O4S/c1-4-25(21-37-20-23-11-6-5-7-12-23)32-19-24-14-15-27(28(18-24)26-13-9-8-10-22(26)2)30(34)33-29(31(35)36)16-17-38-3/h5-15,18,25,29,32H,4,16-17,19-21H2,1-3H3,(H,33,34)(H,35,36)/t25-,29+/m1/s1. The van der Waals surface area contributed by atoms with E-state index in [1.54, 1.807) is 17.8 Å². The van der Waals surface area contributed by atoms with Gasteiger partial charge < -0.3 is 20.5 Å².